The minimum atomic E-state index is -0.231. The van der Waals surface area contributed by atoms with Crippen LogP contribution in [0.1, 0.15) is 0 Å². The zero-order valence-electron chi connectivity index (χ0n) is 11.3. The molecule has 0 aliphatic heterocycles. The standard InChI is InChI=1S/C13H14ClN3O3S/c1-19-5-6-20-8-11(18)15-10-4-2-3-9(7-10)12-13(14)21-17-16-12/h2-4,7H,5-6,8H2,1H3,(H,15,18). The first-order chi connectivity index (χ1) is 10.2. The largest absolute Gasteiger partial charge is 0.382 e. The fraction of sp³-hybridized carbons (Fsp3) is 0.308. The molecule has 0 saturated carbocycles. The van der Waals surface area contributed by atoms with Gasteiger partial charge in [-0.25, -0.2) is 0 Å². The molecule has 1 amide bonds. The number of amides is 1. The summed E-state index contributed by atoms with van der Waals surface area (Å²) in [6.07, 6.45) is 0. The zero-order valence-corrected chi connectivity index (χ0v) is 12.9. The van der Waals surface area contributed by atoms with Crippen LogP contribution in [0.5, 0.6) is 0 Å². The van der Waals surface area contributed by atoms with Gasteiger partial charge in [-0.3, -0.25) is 4.79 Å². The molecule has 1 aromatic carbocycles. The van der Waals surface area contributed by atoms with Crippen LogP contribution in [-0.2, 0) is 14.3 Å². The first-order valence-corrected chi connectivity index (χ1v) is 7.30. The first kappa shape index (κ1) is 15.8. The first-order valence-electron chi connectivity index (χ1n) is 6.15. The molecule has 112 valence electrons. The number of rotatable bonds is 7. The molecule has 2 aromatic rings. The van der Waals surface area contributed by atoms with Crippen LogP contribution in [0.25, 0.3) is 11.3 Å². The Hall–Kier alpha value is -1.54. The highest BCUT2D eigenvalue weighted by Crippen LogP contribution is 2.29. The number of carbonyl (C=O) groups is 1. The molecule has 2 rings (SSSR count). The van der Waals surface area contributed by atoms with Crippen LogP contribution >= 0.6 is 23.1 Å². The maximum Gasteiger partial charge on any atom is 0.250 e. The van der Waals surface area contributed by atoms with Crippen molar-refractivity contribution in [3.8, 4) is 11.3 Å². The van der Waals surface area contributed by atoms with Gasteiger partial charge in [0, 0.05) is 29.9 Å². The lowest BCUT2D eigenvalue weighted by Gasteiger charge is -2.07. The van der Waals surface area contributed by atoms with E-state index in [0.717, 1.165) is 17.1 Å². The number of ether oxygens (including phenoxy) is 2. The quantitative estimate of drug-likeness (QED) is 0.791. The Labute approximate surface area is 131 Å². The fourth-order valence-corrected chi connectivity index (χ4v) is 2.28. The summed E-state index contributed by atoms with van der Waals surface area (Å²) in [5, 5.41) is 6.71. The maximum atomic E-state index is 11.7. The molecule has 1 N–H and O–H groups in total. The smallest absolute Gasteiger partial charge is 0.250 e. The molecule has 0 saturated heterocycles. The second kappa shape index (κ2) is 8.04. The highest BCUT2D eigenvalue weighted by atomic mass is 35.5. The molecular weight excluding hydrogens is 314 g/mol. The number of hydrogen-bond acceptors (Lipinski definition) is 6. The van der Waals surface area contributed by atoms with Crippen molar-refractivity contribution >= 4 is 34.7 Å². The summed E-state index contributed by atoms with van der Waals surface area (Å²) < 4.78 is 14.3. The van der Waals surface area contributed by atoms with Gasteiger partial charge in [-0.1, -0.05) is 28.2 Å². The van der Waals surface area contributed by atoms with E-state index in [1.165, 1.54) is 0 Å². The molecule has 0 atom stereocenters. The number of aromatic nitrogens is 2. The van der Waals surface area contributed by atoms with Crippen molar-refractivity contribution in [1.82, 2.24) is 9.59 Å². The van der Waals surface area contributed by atoms with E-state index in [2.05, 4.69) is 14.9 Å². The van der Waals surface area contributed by atoms with Gasteiger partial charge in [0.1, 0.15) is 16.6 Å². The lowest BCUT2D eigenvalue weighted by molar-refractivity contribution is -0.121. The summed E-state index contributed by atoms with van der Waals surface area (Å²) >= 11 is 7.12. The Morgan fingerprint density at radius 1 is 1.43 bits per heavy atom. The second-order valence-electron chi connectivity index (χ2n) is 4.07. The molecule has 1 heterocycles. The molecule has 21 heavy (non-hydrogen) atoms. The van der Waals surface area contributed by atoms with Gasteiger partial charge in [0.25, 0.3) is 0 Å². The fourth-order valence-electron chi connectivity index (χ4n) is 1.60. The molecule has 0 bridgehead atoms. The summed E-state index contributed by atoms with van der Waals surface area (Å²) in [6.45, 7) is 0.814. The van der Waals surface area contributed by atoms with Crippen LogP contribution in [0.4, 0.5) is 5.69 Å². The number of nitrogens with one attached hydrogen (secondary N) is 1. The van der Waals surface area contributed by atoms with Gasteiger partial charge >= 0.3 is 0 Å². The summed E-state index contributed by atoms with van der Waals surface area (Å²) in [7, 11) is 1.58. The molecule has 0 aliphatic carbocycles. The summed E-state index contributed by atoms with van der Waals surface area (Å²) in [5.41, 5.74) is 2.05. The number of carbonyl (C=O) groups excluding carboxylic acids is 1. The van der Waals surface area contributed by atoms with E-state index in [0.29, 0.717) is 28.9 Å². The third-order valence-corrected chi connectivity index (χ3v) is 3.44. The Bertz CT molecular complexity index is 606. The molecule has 0 spiro atoms. The van der Waals surface area contributed by atoms with Crippen LogP contribution in [0.15, 0.2) is 24.3 Å². The molecule has 0 radical (unpaired) electrons. The Balaban J connectivity index is 1.95. The highest BCUT2D eigenvalue weighted by molar-refractivity contribution is 7.10. The Morgan fingerprint density at radius 3 is 3.00 bits per heavy atom. The minimum absolute atomic E-state index is 0.0212. The van der Waals surface area contributed by atoms with Crippen molar-refractivity contribution in [2.45, 2.75) is 0 Å². The number of methoxy groups -OCH3 is 1. The number of benzene rings is 1. The van der Waals surface area contributed by atoms with Crippen molar-refractivity contribution in [3.05, 3.63) is 28.6 Å². The minimum Gasteiger partial charge on any atom is -0.382 e. The van der Waals surface area contributed by atoms with Crippen molar-refractivity contribution in [1.29, 1.82) is 0 Å². The van der Waals surface area contributed by atoms with Gasteiger partial charge < -0.3 is 14.8 Å². The third-order valence-electron chi connectivity index (χ3n) is 2.53. The van der Waals surface area contributed by atoms with Crippen LogP contribution in [0.2, 0.25) is 4.34 Å². The van der Waals surface area contributed by atoms with Gasteiger partial charge in [0.15, 0.2) is 0 Å². The maximum absolute atomic E-state index is 11.7. The predicted octanol–water partition coefficient (Wildman–Crippen LogP) is 2.46. The van der Waals surface area contributed by atoms with Crippen molar-refractivity contribution in [3.63, 3.8) is 0 Å². The van der Waals surface area contributed by atoms with Crippen molar-refractivity contribution < 1.29 is 14.3 Å². The van der Waals surface area contributed by atoms with Crippen LogP contribution < -0.4 is 5.32 Å². The highest BCUT2D eigenvalue weighted by Gasteiger charge is 2.09. The van der Waals surface area contributed by atoms with Crippen molar-refractivity contribution in [2.75, 3.05) is 32.2 Å². The molecule has 0 unspecified atom stereocenters. The van der Waals surface area contributed by atoms with Gasteiger partial charge in [0.05, 0.1) is 13.2 Å². The van der Waals surface area contributed by atoms with Crippen molar-refractivity contribution in [2.24, 2.45) is 0 Å². The second-order valence-corrected chi connectivity index (χ2v) is 5.43. The topological polar surface area (TPSA) is 73.3 Å². The Kier molecular flexibility index (Phi) is 6.06. The summed E-state index contributed by atoms with van der Waals surface area (Å²) in [4.78, 5) is 11.7. The number of anilines is 1. The lowest BCUT2D eigenvalue weighted by atomic mass is 10.1. The summed E-state index contributed by atoms with van der Waals surface area (Å²) in [6, 6.07) is 7.24. The number of halogens is 1. The van der Waals surface area contributed by atoms with Gasteiger partial charge in [-0.2, -0.15) is 0 Å². The van der Waals surface area contributed by atoms with E-state index in [4.69, 9.17) is 21.1 Å². The van der Waals surface area contributed by atoms with Gasteiger partial charge in [-0.15, -0.1) is 5.10 Å². The molecule has 6 nitrogen and oxygen atoms in total. The average molecular weight is 328 g/mol. The lowest BCUT2D eigenvalue weighted by Crippen LogP contribution is -2.19. The van der Waals surface area contributed by atoms with E-state index < -0.39 is 0 Å². The van der Waals surface area contributed by atoms with Crippen LogP contribution in [0.3, 0.4) is 0 Å². The van der Waals surface area contributed by atoms with E-state index in [9.17, 15) is 4.79 Å². The predicted molar refractivity (Wildman–Crippen MR) is 81.7 cm³/mol. The average Bonchev–Trinajstić information content (AvgIpc) is 2.90. The monoisotopic (exact) mass is 327 g/mol. The summed E-state index contributed by atoms with van der Waals surface area (Å²) in [5.74, 6) is -0.231. The van der Waals surface area contributed by atoms with Crippen LogP contribution in [0, 0.1) is 0 Å². The SMILES string of the molecule is COCCOCC(=O)Nc1cccc(-c2nnsc2Cl)c1. The number of nitrogens with zero attached hydrogens (tertiary/aromatic N) is 2. The third kappa shape index (κ3) is 4.75. The molecule has 0 fully saturated rings. The van der Waals surface area contributed by atoms with Crippen LogP contribution in [-0.4, -0.2) is 42.4 Å². The van der Waals surface area contributed by atoms with E-state index >= 15 is 0 Å². The zero-order chi connectivity index (χ0) is 15.1. The van der Waals surface area contributed by atoms with Gasteiger partial charge in [-0.05, 0) is 12.1 Å². The Morgan fingerprint density at radius 2 is 2.29 bits per heavy atom. The molecular formula is C13H14ClN3O3S. The number of hydrogen-bond donors (Lipinski definition) is 1. The van der Waals surface area contributed by atoms with E-state index in [-0.39, 0.29) is 12.5 Å². The molecule has 1 aromatic heterocycles. The molecule has 0 aliphatic rings. The van der Waals surface area contributed by atoms with Gasteiger partial charge in [0.2, 0.25) is 5.91 Å². The normalized spacial score (nSPS) is 10.6. The van der Waals surface area contributed by atoms with E-state index in [1.54, 1.807) is 19.2 Å². The molecule has 8 heteroatoms. The van der Waals surface area contributed by atoms with E-state index in [1.807, 2.05) is 12.1 Å².